The second-order valence-electron chi connectivity index (χ2n) is 5.72. The molecule has 0 aliphatic carbocycles. The summed E-state index contributed by atoms with van der Waals surface area (Å²) in [6.07, 6.45) is -0.378. The first-order chi connectivity index (χ1) is 9.72. The van der Waals surface area contributed by atoms with Crippen LogP contribution in [0.15, 0.2) is 18.2 Å². The molecule has 1 heterocycles. The van der Waals surface area contributed by atoms with E-state index in [1.54, 1.807) is 25.1 Å². The van der Waals surface area contributed by atoms with Gasteiger partial charge in [0.25, 0.3) is 11.8 Å². The Balaban J connectivity index is 2.18. The molecule has 1 aromatic carbocycles. The molecule has 0 radical (unpaired) electrons. The summed E-state index contributed by atoms with van der Waals surface area (Å²) in [5.41, 5.74) is 0.570. The minimum atomic E-state index is -2.76. The van der Waals surface area contributed by atoms with E-state index in [0.717, 1.165) is 0 Å². The molecule has 0 saturated carbocycles. The number of hydrogen-bond donors (Lipinski definition) is 0. The van der Waals surface area contributed by atoms with E-state index in [2.05, 4.69) is 0 Å². The van der Waals surface area contributed by atoms with Crippen molar-refractivity contribution in [3.8, 4) is 0 Å². The number of amides is 1. The summed E-state index contributed by atoms with van der Waals surface area (Å²) < 4.78 is 40.9. The minimum Gasteiger partial charge on any atom is -0.378 e. The van der Waals surface area contributed by atoms with E-state index in [0.29, 0.717) is 5.69 Å². The minimum absolute atomic E-state index is 0.0506. The van der Waals surface area contributed by atoms with Crippen molar-refractivity contribution in [2.75, 3.05) is 32.1 Å². The zero-order chi connectivity index (χ0) is 15.8. The fraction of sp³-hybridized carbons (Fsp3) is 0.533. The summed E-state index contributed by atoms with van der Waals surface area (Å²) in [5, 5.41) is 0. The van der Waals surface area contributed by atoms with E-state index in [9.17, 15) is 18.0 Å². The third-order valence-corrected chi connectivity index (χ3v) is 3.92. The molecule has 1 aliphatic rings. The molecular weight excluding hydrogens is 281 g/mol. The van der Waals surface area contributed by atoms with Gasteiger partial charge in [-0.25, -0.2) is 13.2 Å². The lowest BCUT2D eigenvalue weighted by atomic mass is 9.95. The van der Waals surface area contributed by atoms with Gasteiger partial charge in [-0.15, -0.1) is 0 Å². The van der Waals surface area contributed by atoms with Gasteiger partial charge in [0.15, 0.2) is 0 Å². The average Bonchev–Trinajstić information content (AvgIpc) is 2.41. The number of hydrogen-bond acceptors (Lipinski definition) is 2. The van der Waals surface area contributed by atoms with Crippen molar-refractivity contribution in [1.82, 2.24) is 4.90 Å². The fourth-order valence-electron chi connectivity index (χ4n) is 2.40. The van der Waals surface area contributed by atoms with Gasteiger partial charge in [0.2, 0.25) is 0 Å². The second-order valence-corrected chi connectivity index (χ2v) is 5.72. The summed E-state index contributed by atoms with van der Waals surface area (Å²) in [5.74, 6) is -4.83. The molecule has 21 heavy (non-hydrogen) atoms. The highest BCUT2D eigenvalue weighted by Crippen LogP contribution is 2.33. The van der Waals surface area contributed by atoms with Gasteiger partial charge in [0.1, 0.15) is 5.82 Å². The third kappa shape index (κ3) is 3.14. The molecule has 1 fully saturated rings. The Hall–Kier alpha value is -1.72. The number of anilines is 1. The molecule has 0 bridgehead atoms. The summed E-state index contributed by atoms with van der Waals surface area (Å²) in [4.78, 5) is 15.3. The molecule has 1 aliphatic heterocycles. The average molecular weight is 300 g/mol. The van der Waals surface area contributed by atoms with Crippen LogP contribution in [0, 0.1) is 11.7 Å². The van der Waals surface area contributed by atoms with E-state index in [1.807, 2.05) is 0 Å². The van der Waals surface area contributed by atoms with Gasteiger partial charge in [-0.05, 0) is 18.2 Å². The van der Waals surface area contributed by atoms with Crippen LogP contribution >= 0.6 is 0 Å². The number of likely N-dealkylation sites (tertiary alicyclic amines) is 1. The topological polar surface area (TPSA) is 23.6 Å². The summed E-state index contributed by atoms with van der Waals surface area (Å²) >= 11 is 0. The highest BCUT2D eigenvalue weighted by Gasteiger charge is 2.42. The zero-order valence-electron chi connectivity index (χ0n) is 12.4. The summed E-state index contributed by atoms with van der Waals surface area (Å²) in [7, 11) is 3.54. The molecule has 1 amide bonds. The van der Waals surface area contributed by atoms with Crippen LogP contribution in [-0.4, -0.2) is 43.9 Å². The molecule has 3 nitrogen and oxygen atoms in total. The Labute approximate surface area is 122 Å². The van der Waals surface area contributed by atoms with Crippen LogP contribution in [0.1, 0.15) is 23.7 Å². The van der Waals surface area contributed by atoms with E-state index in [1.165, 1.54) is 24.0 Å². The number of benzene rings is 1. The van der Waals surface area contributed by atoms with Crippen LogP contribution < -0.4 is 4.90 Å². The number of piperidine rings is 1. The number of rotatable bonds is 2. The first kappa shape index (κ1) is 15.7. The van der Waals surface area contributed by atoms with Crippen LogP contribution in [0.5, 0.6) is 0 Å². The van der Waals surface area contributed by atoms with Crippen LogP contribution in [-0.2, 0) is 0 Å². The van der Waals surface area contributed by atoms with Gasteiger partial charge in [0, 0.05) is 45.2 Å². The Bertz CT molecular complexity index is 546. The van der Waals surface area contributed by atoms with Crippen LogP contribution in [0.4, 0.5) is 18.9 Å². The van der Waals surface area contributed by atoms with Gasteiger partial charge < -0.3 is 9.80 Å². The Morgan fingerprint density at radius 3 is 2.57 bits per heavy atom. The molecular formula is C15H19F3N2O. The smallest absolute Gasteiger partial charge is 0.256 e. The highest BCUT2D eigenvalue weighted by molar-refractivity contribution is 5.95. The molecule has 0 spiro atoms. The first-order valence-electron chi connectivity index (χ1n) is 6.86. The SMILES string of the molecule is CC1CN(C(=O)c2ccc(N(C)C)cc2F)CCC1(F)F. The van der Waals surface area contributed by atoms with E-state index < -0.39 is 23.6 Å². The maximum absolute atomic E-state index is 14.0. The molecule has 0 aromatic heterocycles. The Kier molecular flexibility index (Phi) is 4.16. The Morgan fingerprint density at radius 1 is 1.38 bits per heavy atom. The highest BCUT2D eigenvalue weighted by atomic mass is 19.3. The molecule has 1 unspecified atom stereocenters. The van der Waals surface area contributed by atoms with E-state index in [4.69, 9.17) is 0 Å². The van der Waals surface area contributed by atoms with Crippen LogP contribution in [0.2, 0.25) is 0 Å². The molecule has 1 aromatic rings. The van der Waals surface area contributed by atoms with Crippen molar-refractivity contribution < 1.29 is 18.0 Å². The number of alkyl halides is 2. The first-order valence-corrected chi connectivity index (χ1v) is 6.86. The second kappa shape index (κ2) is 5.58. The summed E-state index contributed by atoms with van der Waals surface area (Å²) in [6.45, 7) is 1.30. The van der Waals surface area contributed by atoms with Gasteiger partial charge in [0.05, 0.1) is 5.56 Å². The predicted molar refractivity (Wildman–Crippen MR) is 75.4 cm³/mol. The quantitative estimate of drug-likeness (QED) is 0.838. The van der Waals surface area contributed by atoms with Crippen molar-refractivity contribution in [2.24, 2.45) is 5.92 Å². The predicted octanol–water partition coefficient (Wildman–Crippen LogP) is 3.01. The number of carbonyl (C=O) groups excluding carboxylic acids is 1. The van der Waals surface area contributed by atoms with Crippen molar-refractivity contribution >= 4 is 11.6 Å². The van der Waals surface area contributed by atoms with E-state index >= 15 is 0 Å². The monoisotopic (exact) mass is 300 g/mol. The fourth-order valence-corrected chi connectivity index (χ4v) is 2.40. The number of carbonyl (C=O) groups is 1. The van der Waals surface area contributed by atoms with Crippen molar-refractivity contribution in [3.05, 3.63) is 29.6 Å². The van der Waals surface area contributed by atoms with Gasteiger partial charge in [-0.3, -0.25) is 4.79 Å². The van der Waals surface area contributed by atoms with Gasteiger partial charge in [-0.1, -0.05) is 6.92 Å². The van der Waals surface area contributed by atoms with Gasteiger partial charge in [-0.2, -0.15) is 0 Å². The lowest BCUT2D eigenvalue weighted by molar-refractivity contribution is -0.0921. The third-order valence-electron chi connectivity index (χ3n) is 3.92. The maximum atomic E-state index is 14.0. The van der Waals surface area contributed by atoms with Crippen molar-refractivity contribution in [1.29, 1.82) is 0 Å². The van der Waals surface area contributed by atoms with Crippen LogP contribution in [0.25, 0.3) is 0 Å². The molecule has 116 valence electrons. The van der Waals surface area contributed by atoms with Crippen LogP contribution in [0.3, 0.4) is 0 Å². The maximum Gasteiger partial charge on any atom is 0.256 e. The van der Waals surface area contributed by atoms with E-state index in [-0.39, 0.29) is 25.1 Å². The number of nitrogens with zero attached hydrogens (tertiary/aromatic N) is 2. The molecule has 6 heteroatoms. The lowest BCUT2D eigenvalue weighted by Gasteiger charge is -2.36. The molecule has 1 atom stereocenters. The van der Waals surface area contributed by atoms with Gasteiger partial charge >= 0.3 is 0 Å². The molecule has 1 saturated heterocycles. The Morgan fingerprint density at radius 2 is 2.05 bits per heavy atom. The molecule has 0 N–H and O–H groups in total. The standard InChI is InChI=1S/C15H19F3N2O/c1-10-9-20(7-6-15(10,17)18)14(21)12-5-4-11(19(2)3)8-13(12)16/h4-5,8,10H,6-7,9H2,1-3H3. The number of halogens is 3. The lowest BCUT2D eigenvalue weighted by Crippen LogP contribution is -2.48. The molecule has 2 rings (SSSR count). The van der Waals surface area contributed by atoms with Crippen molar-refractivity contribution in [2.45, 2.75) is 19.3 Å². The van der Waals surface area contributed by atoms with Crippen molar-refractivity contribution in [3.63, 3.8) is 0 Å². The normalized spacial score (nSPS) is 21.2. The largest absolute Gasteiger partial charge is 0.378 e. The zero-order valence-corrected chi connectivity index (χ0v) is 12.4. The summed E-state index contributed by atoms with van der Waals surface area (Å²) in [6, 6.07) is 4.32.